The predicted octanol–water partition coefficient (Wildman–Crippen LogP) is 3.51. The minimum absolute atomic E-state index is 0.00551. The molecule has 3 nitrogen and oxygen atoms in total. The maximum Gasteiger partial charge on any atom is 0.223 e. The van der Waals surface area contributed by atoms with E-state index in [2.05, 4.69) is 30.8 Å². The topological polar surface area (TPSA) is 29.5 Å². The van der Waals surface area contributed by atoms with E-state index >= 15 is 0 Å². The molecule has 122 valence electrons. The van der Waals surface area contributed by atoms with Crippen LogP contribution in [0.25, 0.3) is 0 Å². The Morgan fingerprint density at radius 3 is 2.17 bits per heavy atom. The summed E-state index contributed by atoms with van der Waals surface area (Å²) in [5.74, 6) is 0.197. The second-order valence-electron chi connectivity index (χ2n) is 6.58. The predicted molar refractivity (Wildman–Crippen MR) is 93.5 cm³/mol. The van der Waals surface area contributed by atoms with Gasteiger partial charge in [0.2, 0.25) is 5.91 Å². The average molecular weight is 319 g/mol. The van der Waals surface area contributed by atoms with Crippen molar-refractivity contribution in [1.29, 1.82) is 0 Å². The summed E-state index contributed by atoms with van der Waals surface area (Å²) in [5, 5.41) is 0. The molecule has 0 aliphatic carbocycles. The molecular formula is C21H21NO2. The summed E-state index contributed by atoms with van der Waals surface area (Å²) in [6.07, 6.45) is 1.37. The van der Waals surface area contributed by atoms with Crippen LogP contribution in [0, 0.1) is 0 Å². The summed E-state index contributed by atoms with van der Waals surface area (Å²) in [4.78, 5) is 14.5. The summed E-state index contributed by atoms with van der Waals surface area (Å²) < 4.78 is 6.54. The van der Waals surface area contributed by atoms with Crippen molar-refractivity contribution < 1.29 is 9.53 Å². The Balaban J connectivity index is 1.95. The summed E-state index contributed by atoms with van der Waals surface area (Å²) in [6.45, 7) is 5.15. The Labute approximate surface area is 142 Å². The smallest absolute Gasteiger partial charge is 0.223 e. The lowest BCUT2D eigenvalue weighted by atomic mass is 9.79. The molecule has 0 N–H and O–H groups in total. The summed E-state index contributed by atoms with van der Waals surface area (Å²) in [5.41, 5.74) is 2.49. The van der Waals surface area contributed by atoms with Gasteiger partial charge in [-0.05, 0) is 23.1 Å². The van der Waals surface area contributed by atoms with E-state index in [4.69, 9.17) is 4.74 Å². The number of hydrogen-bond donors (Lipinski definition) is 0. The number of amides is 1. The Hall–Kier alpha value is -2.39. The zero-order chi connectivity index (χ0) is 16.6. The van der Waals surface area contributed by atoms with Gasteiger partial charge in [0.1, 0.15) is 5.60 Å². The van der Waals surface area contributed by atoms with Gasteiger partial charge in [-0.25, -0.2) is 0 Å². The van der Waals surface area contributed by atoms with E-state index in [1.165, 1.54) is 0 Å². The zero-order valence-corrected chi connectivity index (χ0v) is 13.7. The third kappa shape index (κ3) is 2.28. The molecule has 0 radical (unpaired) electrons. The van der Waals surface area contributed by atoms with Crippen molar-refractivity contribution in [1.82, 2.24) is 4.90 Å². The van der Waals surface area contributed by atoms with Gasteiger partial charge in [0.05, 0.1) is 12.6 Å². The van der Waals surface area contributed by atoms with E-state index < -0.39 is 5.60 Å². The van der Waals surface area contributed by atoms with Crippen molar-refractivity contribution in [3.8, 4) is 0 Å². The van der Waals surface area contributed by atoms with Crippen LogP contribution in [0.5, 0.6) is 0 Å². The number of nitrogens with zero attached hydrogens (tertiary/aromatic N) is 1. The van der Waals surface area contributed by atoms with Gasteiger partial charge in [-0.2, -0.15) is 0 Å². The molecule has 1 amide bonds. The largest absolute Gasteiger partial charge is 0.359 e. The van der Waals surface area contributed by atoms with Crippen LogP contribution in [0.1, 0.15) is 24.0 Å². The van der Waals surface area contributed by atoms with Gasteiger partial charge in [-0.3, -0.25) is 4.79 Å². The summed E-state index contributed by atoms with van der Waals surface area (Å²) >= 11 is 0. The minimum atomic E-state index is -0.645. The molecule has 0 bridgehead atoms. The normalized spacial score (nSPS) is 23.0. The monoisotopic (exact) mass is 319 g/mol. The quantitative estimate of drug-likeness (QED) is 0.793. The van der Waals surface area contributed by atoms with Crippen LogP contribution in [0.4, 0.5) is 0 Å². The van der Waals surface area contributed by atoms with Crippen molar-refractivity contribution in [2.45, 2.75) is 24.5 Å². The first-order chi connectivity index (χ1) is 11.7. The zero-order valence-electron chi connectivity index (χ0n) is 13.7. The van der Waals surface area contributed by atoms with Crippen molar-refractivity contribution in [2.24, 2.45) is 0 Å². The van der Waals surface area contributed by atoms with Gasteiger partial charge in [-0.15, -0.1) is 0 Å². The van der Waals surface area contributed by atoms with E-state index in [1.807, 2.05) is 41.3 Å². The molecule has 2 aromatic rings. The highest BCUT2D eigenvalue weighted by atomic mass is 16.5. The highest BCUT2D eigenvalue weighted by Gasteiger charge is 2.51. The molecule has 2 aliphatic rings. The second kappa shape index (κ2) is 5.91. The van der Waals surface area contributed by atoms with Gasteiger partial charge < -0.3 is 9.64 Å². The second-order valence-corrected chi connectivity index (χ2v) is 6.58. The fourth-order valence-corrected chi connectivity index (χ4v) is 4.04. The summed E-state index contributed by atoms with van der Waals surface area (Å²) in [7, 11) is 0. The molecule has 2 saturated heterocycles. The molecule has 2 aliphatic heterocycles. The van der Waals surface area contributed by atoms with Crippen LogP contribution in [0.15, 0.2) is 72.8 Å². The minimum Gasteiger partial charge on any atom is -0.359 e. The first-order valence-electron chi connectivity index (χ1n) is 8.43. The lowest BCUT2D eigenvalue weighted by Gasteiger charge is -2.41. The van der Waals surface area contributed by atoms with E-state index in [-0.39, 0.29) is 11.9 Å². The van der Waals surface area contributed by atoms with Crippen LogP contribution in [-0.4, -0.2) is 30.0 Å². The van der Waals surface area contributed by atoms with Crippen molar-refractivity contribution in [3.05, 3.63) is 83.9 Å². The number of hydrogen-bond acceptors (Lipinski definition) is 2. The molecule has 24 heavy (non-hydrogen) atoms. The van der Waals surface area contributed by atoms with Crippen LogP contribution < -0.4 is 0 Å². The molecule has 2 aromatic carbocycles. The third-order valence-corrected chi connectivity index (χ3v) is 5.10. The molecule has 0 saturated carbocycles. The average Bonchev–Trinajstić information content (AvgIpc) is 2.90. The third-order valence-electron chi connectivity index (χ3n) is 5.10. The van der Waals surface area contributed by atoms with Crippen LogP contribution >= 0.6 is 0 Å². The molecule has 4 rings (SSSR count). The van der Waals surface area contributed by atoms with Crippen molar-refractivity contribution >= 4 is 5.91 Å². The van der Waals surface area contributed by atoms with Crippen molar-refractivity contribution in [2.75, 3.05) is 13.2 Å². The van der Waals surface area contributed by atoms with Gasteiger partial charge in [-0.1, -0.05) is 67.2 Å². The summed E-state index contributed by atoms with van der Waals surface area (Å²) in [6, 6.07) is 20.5. The Bertz CT molecular complexity index is 714. The first kappa shape index (κ1) is 15.2. The molecule has 1 atom stereocenters. The Kier molecular flexibility index (Phi) is 3.73. The number of carbonyl (C=O) groups excluding carboxylic acids is 1. The standard InChI is InChI=1S/C21H21NO2/c1-16-14-22-19(12-13-20(22)23)21(24-15-16,17-8-4-2-5-9-17)18-10-6-3-7-11-18/h2-11,19H,1,12-15H2/t19-/m0/s1. The SMILES string of the molecule is C=C1COC(c2ccccc2)(c2ccccc2)[C@@H]2CCC(=O)N2C1. The first-order valence-corrected chi connectivity index (χ1v) is 8.43. The molecule has 2 fully saturated rings. The lowest BCUT2D eigenvalue weighted by Crippen LogP contribution is -2.49. The maximum absolute atomic E-state index is 12.5. The Morgan fingerprint density at radius 2 is 1.58 bits per heavy atom. The Morgan fingerprint density at radius 1 is 1.00 bits per heavy atom. The van der Waals surface area contributed by atoms with E-state index in [9.17, 15) is 4.79 Å². The van der Waals surface area contributed by atoms with E-state index in [0.29, 0.717) is 19.6 Å². The molecule has 3 heteroatoms. The van der Waals surface area contributed by atoms with Crippen LogP contribution in [-0.2, 0) is 15.1 Å². The number of rotatable bonds is 2. The molecule has 0 aromatic heterocycles. The number of fused-ring (bicyclic) bond motifs is 1. The fourth-order valence-electron chi connectivity index (χ4n) is 4.04. The fraction of sp³-hybridized carbons (Fsp3) is 0.286. The number of carbonyl (C=O) groups is 1. The van der Waals surface area contributed by atoms with Gasteiger partial charge in [0.15, 0.2) is 0 Å². The van der Waals surface area contributed by atoms with Crippen molar-refractivity contribution in [3.63, 3.8) is 0 Å². The highest BCUT2D eigenvalue weighted by Crippen LogP contribution is 2.45. The molecule has 0 unspecified atom stereocenters. The van der Waals surface area contributed by atoms with E-state index in [1.54, 1.807) is 0 Å². The number of benzene rings is 2. The molecule has 2 heterocycles. The molecule has 0 spiro atoms. The lowest BCUT2D eigenvalue weighted by molar-refractivity contribution is -0.131. The maximum atomic E-state index is 12.5. The van der Waals surface area contributed by atoms with Gasteiger partial charge in [0, 0.05) is 13.0 Å². The molecular weight excluding hydrogens is 298 g/mol. The van der Waals surface area contributed by atoms with Gasteiger partial charge in [0.25, 0.3) is 0 Å². The van der Waals surface area contributed by atoms with E-state index in [0.717, 1.165) is 23.1 Å². The number of ether oxygens (including phenoxy) is 1. The highest BCUT2D eigenvalue weighted by molar-refractivity contribution is 5.79. The van der Waals surface area contributed by atoms with Crippen LogP contribution in [0.3, 0.4) is 0 Å². The van der Waals surface area contributed by atoms with Crippen LogP contribution in [0.2, 0.25) is 0 Å². The van der Waals surface area contributed by atoms with Gasteiger partial charge >= 0.3 is 0 Å².